The minimum Gasteiger partial charge on any atom is -0.469 e. The first-order valence-corrected chi connectivity index (χ1v) is 5.08. The van der Waals surface area contributed by atoms with Crippen LogP contribution in [0.3, 0.4) is 0 Å². The summed E-state index contributed by atoms with van der Waals surface area (Å²) in [7, 11) is 1.39. The molecule has 0 amide bonds. The lowest BCUT2D eigenvalue weighted by Gasteiger charge is -2.36. The summed E-state index contributed by atoms with van der Waals surface area (Å²) in [6.07, 6.45) is 2.89. The van der Waals surface area contributed by atoms with E-state index in [4.69, 9.17) is 0 Å². The number of carbonyl (C=O) groups is 2. The Morgan fingerprint density at radius 1 is 1.57 bits per heavy atom. The molecule has 0 radical (unpaired) electrons. The second-order valence-electron chi connectivity index (χ2n) is 4.51. The van der Waals surface area contributed by atoms with Gasteiger partial charge in [-0.15, -0.1) is 0 Å². The van der Waals surface area contributed by atoms with Crippen molar-refractivity contribution in [3.8, 4) is 0 Å². The quantitative estimate of drug-likeness (QED) is 0.637. The number of ether oxygens (including phenoxy) is 1. The highest BCUT2D eigenvalue weighted by molar-refractivity contribution is 5.85. The summed E-state index contributed by atoms with van der Waals surface area (Å²) in [6, 6.07) is 0. The second-order valence-corrected chi connectivity index (χ2v) is 4.51. The molecule has 0 spiro atoms. The molecule has 3 heteroatoms. The zero-order valence-corrected chi connectivity index (χ0v) is 9.13. The molecule has 0 unspecified atom stereocenters. The van der Waals surface area contributed by atoms with Crippen molar-refractivity contribution in [3.63, 3.8) is 0 Å². The minimum absolute atomic E-state index is 0.149. The van der Waals surface area contributed by atoms with Crippen molar-refractivity contribution in [2.24, 2.45) is 11.3 Å². The lowest BCUT2D eigenvalue weighted by molar-refractivity contribution is -0.145. The molecule has 0 heterocycles. The third kappa shape index (κ3) is 2.14. The van der Waals surface area contributed by atoms with Crippen LogP contribution in [0.1, 0.15) is 39.5 Å². The van der Waals surface area contributed by atoms with Crippen molar-refractivity contribution in [1.82, 2.24) is 0 Å². The number of rotatable bonds is 2. The highest BCUT2D eigenvalue weighted by atomic mass is 16.5. The lowest BCUT2D eigenvalue weighted by atomic mass is 9.67. The predicted molar refractivity (Wildman–Crippen MR) is 52.8 cm³/mol. The Kier molecular flexibility index (Phi) is 3.29. The van der Waals surface area contributed by atoms with Crippen molar-refractivity contribution in [2.45, 2.75) is 39.5 Å². The molecule has 1 aliphatic rings. The average Bonchev–Trinajstić information content (AvgIpc) is 2.13. The van der Waals surface area contributed by atoms with Gasteiger partial charge in [-0.05, 0) is 18.8 Å². The summed E-state index contributed by atoms with van der Waals surface area (Å²) in [5.74, 6) is 0.214. The maximum absolute atomic E-state index is 11.6. The van der Waals surface area contributed by atoms with Crippen molar-refractivity contribution in [1.29, 1.82) is 0 Å². The molecule has 1 saturated carbocycles. The van der Waals surface area contributed by atoms with Gasteiger partial charge >= 0.3 is 5.97 Å². The fourth-order valence-electron chi connectivity index (χ4n) is 2.06. The van der Waals surface area contributed by atoms with Crippen LogP contribution in [0.4, 0.5) is 0 Å². The number of carbonyl (C=O) groups excluding carboxylic acids is 2. The summed E-state index contributed by atoms with van der Waals surface area (Å²) in [5, 5.41) is 0. The van der Waals surface area contributed by atoms with Gasteiger partial charge in [-0.2, -0.15) is 0 Å². The third-order valence-corrected chi connectivity index (χ3v) is 3.34. The van der Waals surface area contributed by atoms with Crippen LogP contribution >= 0.6 is 0 Å². The molecule has 14 heavy (non-hydrogen) atoms. The van der Waals surface area contributed by atoms with Crippen LogP contribution in [0.15, 0.2) is 0 Å². The maximum Gasteiger partial charge on any atom is 0.305 e. The average molecular weight is 198 g/mol. The first-order valence-electron chi connectivity index (χ1n) is 5.08. The van der Waals surface area contributed by atoms with E-state index in [9.17, 15) is 9.59 Å². The van der Waals surface area contributed by atoms with E-state index in [0.29, 0.717) is 12.8 Å². The molecule has 0 N–H and O–H groups in total. The Morgan fingerprint density at radius 2 is 2.21 bits per heavy atom. The molecule has 1 fully saturated rings. The maximum atomic E-state index is 11.6. The molecule has 0 bridgehead atoms. The molecule has 0 aromatic heterocycles. The van der Waals surface area contributed by atoms with E-state index in [0.717, 1.165) is 12.8 Å². The zero-order valence-electron chi connectivity index (χ0n) is 9.13. The number of Topliss-reactive ketones (excluding diaryl/α,β-unsaturated/α-hetero) is 1. The van der Waals surface area contributed by atoms with Gasteiger partial charge in [0, 0.05) is 18.3 Å². The Labute approximate surface area is 84.8 Å². The molecule has 1 aliphatic carbocycles. The zero-order chi connectivity index (χ0) is 10.8. The summed E-state index contributed by atoms with van der Waals surface area (Å²) in [4.78, 5) is 22.8. The van der Waals surface area contributed by atoms with E-state index in [1.165, 1.54) is 7.11 Å². The monoisotopic (exact) mass is 198 g/mol. The fourth-order valence-corrected chi connectivity index (χ4v) is 2.06. The smallest absolute Gasteiger partial charge is 0.305 e. The predicted octanol–water partition coefficient (Wildman–Crippen LogP) is 1.94. The van der Waals surface area contributed by atoms with Gasteiger partial charge in [0.1, 0.15) is 5.78 Å². The molecular weight excluding hydrogens is 180 g/mol. The largest absolute Gasteiger partial charge is 0.469 e. The van der Waals surface area contributed by atoms with E-state index >= 15 is 0 Å². The first-order chi connectivity index (χ1) is 6.48. The fraction of sp³-hybridized carbons (Fsp3) is 0.818. The Balaban J connectivity index is 2.67. The van der Waals surface area contributed by atoms with Crippen LogP contribution in [0.2, 0.25) is 0 Å². The highest BCUT2D eigenvalue weighted by Crippen LogP contribution is 2.39. The van der Waals surface area contributed by atoms with Crippen LogP contribution in [-0.4, -0.2) is 18.9 Å². The van der Waals surface area contributed by atoms with Crippen molar-refractivity contribution in [2.75, 3.05) is 7.11 Å². The topological polar surface area (TPSA) is 43.4 Å². The van der Waals surface area contributed by atoms with Gasteiger partial charge in [-0.3, -0.25) is 9.59 Å². The van der Waals surface area contributed by atoms with Gasteiger partial charge in [-0.25, -0.2) is 0 Å². The van der Waals surface area contributed by atoms with Crippen LogP contribution in [0.5, 0.6) is 0 Å². The summed E-state index contributed by atoms with van der Waals surface area (Å²) in [5.41, 5.74) is -0.355. The van der Waals surface area contributed by atoms with Crippen molar-refractivity contribution >= 4 is 11.8 Å². The molecule has 1 rings (SSSR count). The number of hydrogen-bond acceptors (Lipinski definition) is 3. The number of hydrogen-bond donors (Lipinski definition) is 0. The standard InChI is InChI=1S/C11H18O3/c1-11(2)8(7-10(13)14-3)5-4-6-9(11)12/h8H,4-7H2,1-3H3/t8-/m1/s1. The Morgan fingerprint density at radius 3 is 2.79 bits per heavy atom. The van der Waals surface area contributed by atoms with E-state index in [1.54, 1.807) is 0 Å². The van der Waals surface area contributed by atoms with E-state index in [1.807, 2.05) is 13.8 Å². The highest BCUT2D eigenvalue weighted by Gasteiger charge is 2.40. The van der Waals surface area contributed by atoms with Crippen LogP contribution in [0, 0.1) is 11.3 Å². The first kappa shape index (κ1) is 11.2. The van der Waals surface area contributed by atoms with Crippen molar-refractivity contribution < 1.29 is 14.3 Å². The molecule has 0 aromatic carbocycles. The summed E-state index contributed by atoms with van der Waals surface area (Å²) >= 11 is 0. The Bertz CT molecular complexity index is 243. The van der Waals surface area contributed by atoms with Crippen LogP contribution < -0.4 is 0 Å². The lowest BCUT2D eigenvalue weighted by Crippen LogP contribution is -2.38. The van der Waals surface area contributed by atoms with Gasteiger partial charge in [0.05, 0.1) is 7.11 Å². The molecular formula is C11H18O3. The molecule has 0 saturated heterocycles. The van der Waals surface area contributed by atoms with Gasteiger partial charge in [0.25, 0.3) is 0 Å². The van der Waals surface area contributed by atoms with Crippen molar-refractivity contribution in [3.05, 3.63) is 0 Å². The van der Waals surface area contributed by atoms with Gasteiger partial charge < -0.3 is 4.74 Å². The van der Waals surface area contributed by atoms with Crippen LogP contribution in [-0.2, 0) is 14.3 Å². The summed E-state index contributed by atoms with van der Waals surface area (Å²) in [6.45, 7) is 3.87. The minimum atomic E-state index is -0.355. The van der Waals surface area contributed by atoms with E-state index < -0.39 is 0 Å². The third-order valence-electron chi connectivity index (χ3n) is 3.34. The van der Waals surface area contributed by atoms with Crippen LogP contribution in [0.25, 0.3) is 0 Å². The SMILES string of the molecule is COC(=O)C[C@H]1CCCC(=O)C1(C)C. The number of methoxy groups -OCH3 is 1. The number of esters is 1. The van der Waals surface area contributed by atoms with E-state index in [-0.39, 0.29) is 23.1 Å². The second kappa shape index (κ2) is 4.11. The van der Waals surface area contributed by atoms with Gasteiger partial charge in [0.2, 0.25) is 0 Å². The van der Waals surface area contributed by atoms with Gasteiger partial charge in [-0.1, -0.05) is 13.8 Å². The van der Waals surface area contributed by atoms with E-state index in [2.05, 4.69) is 4.74 Å². The molecule has 3 nitrogen and oxygen atoms in total. The molecule has 80 valence electrons. The number of ketones is 1. The molecule has 1 atom stereocenters. The molecule has 0 aliphatic heterocycles. The normalized spacial score (nSPS) is 25.9. The van der Waals surface area contributed by atoms with Gasteiger partial charge in [0.15, 0.2) is 0 Å². The molecule has 0 aromatic rings. The Hall–Kier alpha value is -0.860. The summed E-state index contributed by atoms with van der Waals surface area (Å²) < 4.78 is 4.63.